The van der Waals surface area contributed by atoms with Crippen LogP contribution in [0.25, 0.3) is 0 Å². The third-order valence-corrected chi connectivity index (χ3v) is 4.49. The number of guanidine groups is 1. The number of halogens is 1. The van der Waals surface area contributed by atoms with Gasteiger partial charge in [0, 0.05) is 49.9 Å². The molecule has 2 rings (SSSR count). The molecule has 138 valence electrons. The van der Waals surface area contributed by atoms with Gasteiger partial charge >= 0.3 is 5.97 Å². The molecule has 7 heteroatoms. The number of anilines is 1. The van der Waals surface area contributed by atoms with Crippen LogP contribution < -0.4 is 15.5 Å². The molecule has 0 radical (unpaired) electrons. The number of hydrogen-bond acceptors (Lipinski definition) is 4. The molecule has 0 bridgehead atoms. The highest BCUT2D eigenvalue weighted by Crippen LogP contribution is 2.23. The molecule has 1 aliphatic rings. The number of ether oxygens (including phenoxy) is 1. The molecule has 1 saturated heterocycles. The van der Waals surface area contributed by atoms with Gasteiger partial charge in [-0.1, -0.05) is 17.7 Å². The van der Waals surface area contributed by atoms with E-state index in [1.54, 1.807) is 7.05 Å². The van der Waals surface area contributed by atoms with Gasteiger partial charge in [0.25, 0.3) is 0 Å². The Balaban J connectivity index is 1.71. The fourth-order valence-electron chi connectivity index (χ4n) is 2.88. The predicted octanol–water partition coefficient (Wildman–Crippen LogP) is 2.43. The van der Waals surface area contributed by atoms with E-state index in [1.165, 1.54) is 7.11 Å². The van der Waals surface area contributed by atoms with E-state index in [0.717, 1.165) is 55.6 Å². The smallest absolute Gasteiger partial charge is 0.305 e. The second-order valence-corrected chi connectivity index (χ2v) is 6.52. The van der Waals surface area contributed by atoms with Crippen LogP contribution >= 0.6 is 11.6 Å². The molecular weight excluding hydrogens is 340 g/mol. The van der Waals surface area contributed by atoms with Crippen molar-refractivity contribution in [2.45, 2.75) is 31.7 Å². The van der Waals surface area contributed by atoms with Crippen LogP contribution in [0.5, 0.6) is 0 Å². The molecule has 1 aromatic rings. The summed E-state index contributed by atoms with van der Waals surface area (Å²) in [6.45, 7) is 2.69. The van der Waals surface area contributed by atoms with Gasteiger partial charge < -0.3 is 20.3 Å². The van der Waals surface area contributed by atoms with Crippen molar-refractivity contribution >= 4 is 29.2 Å². The van der Waals surface area contributed by atoms with Crippen LogP contribution in [-0.4, -0.2) is 51.8 Å². The summed E-state index contributed by atoms with van der Waals surface area (Å²) in [6.07, 6.45) is 3.22. The van der Waals surface area contributed by atoms with Gasteiger partial charge in [-0.3, -0.25) is 9.79 Å². The van der Waals surface area contributed by atoms with E-state index in [2.05, 4.69) is 31.3 Å². The lowest BCUT2D eigenvalue weighted by atomic mass is 10.2. The summed E-state index contributed by atoms with van der Waals surface area (Å²) < 4.78 is 4.63. The second kappa shape index (κ2) is 10.1. The van der Waals surface area contributed by atoms with Crippen LogP contribution in [0, 0.1) is 0 Å². The van der Waals surface area contributed by atoms with Crippen LogP contribution in [0.1, 0.15) is 25.7 Å². The molecule has 0 aliphatic carbocycles. The van der Waals surface area contributed by atoms with Gasteiger partial charge in [-0.25, -0.2) is 0 Å². The van der Waals surface area contributed by atoms with Crippen molar-refractivity contribution in [3.05, 3.63) is 29.3 Å². The molecule has 0 aromatic heterocycles. The third kappa shape index (κ3) is 6.46. The number of hydrogen-bond donors (Lipinski definition) is 2. The Morgan fingerprint density at radius 2 is 2.28 bits per heavy atom. The number of methoxy groups -OCH3 is 1. The summed E-state index contributed by atoms with van der Waals surface area (Å²) in [7, 11) is 3.19. The summed E-state index contributed by atoms with van der Waals surface area (Å²) in [5.41, 5.74) is 1.16. The van der Waals surface area contributed by atoms with E-state index in [9.17, 15) is 4.79 Å². The molecule has 2 N–H and O–H groups in total. The van der Waals surface area contributed by atoms with Crippen LogP contribution in [-0.2, 0) is 9.53 Å². The molecule has 1 fully saturated rings. The molecule has 6 nitrogen and oxygen atoms in total. The summed E-state index contributed by atoms with van der Waals surface area (Å²) >= 11 is 6.08. The highest BCUT2D eigenvalue weighted by atomic mass is 35.5. The number of carbonyl (C=O) groups excluding carboxylic acids is 1. The number of carbonyl (C=O) groups is 1. The average molecular weight is 367 g/mol. The molecule has 1 heterocycles. The molecule has 1 aliphatic heterocycles. The highest BCUT2D eigenvalue weighted by Gasteiger charge is 2.23. The maximum Gasteiger partial charge on any atom is 0.305 e. The maximum absolute atomic E-state index is 11.1. The fraction of sp³-hybridized carbons (Fsp3) is 0.556. The first-order chi connectivity index (χ1) is 12.1. The standard InChI is InChI=1S/C18H27ClN4O2/c1-20-18(21-10-4-3-8-17(24)25-2)22-15-9-11-23(13-15)16-7-5-6-14(19)12-16/h5-7,12,15H,3-4,8-11,13H2,1-2H3,(H2,20,21,22). The summed E-state index contributed by atoms with van der Waals surface area (Å²) in [5, 5.41) is 7.52. The van der Waals surface area contributed by atoms with Crippen molar-refractivity contribution in [1.29, 1.82) is 0 Å². The molecule has 25 heavy (non-hydrogen) atoms. The van der Waals surface area contributed by atoms with E-state index in [4.69, 9.17) is 11.6 Å². The lowest BCUT2D eigenvalue weighted by molar-refractivity contribution is -0.140. The number of esters is 1. The van der Waals surface area contributed by atoms with Crippen molar-refractivity contribution in [3.8, 4) is 0 Å². The van der Waals surface area contributed by atoms with Crippen LogP contribution in [0.15, 0.2) is 29.3 Å². The van der Waals surface area contributed by atoms with Gasteiger partial charge in [0.15, 0.2) is 5.96 Å². The zero-order valence-electron chi connectivity index (χ0n) is 14.9. The lowest BCUT2D eigenvalue weighted by Crippen LogP contribution is -2.44. The maximum atomic E-state index is 11.1. The van der Waals surface area contributed by atoms with Crippen molar-refractivity contribution < 1.29 is 9.53 Å². The first kappa shape index (κ1) is 19.4. The number of aliphatic imine (C=N–C) groups is 1. The summed E-state index contributed by atoms with van der Waals surface area (Å²) in [6, 6.07) is 8.30. The third-order valence-electron chi connectivity index (χ3n) is 4.25. The van der Waals surface area contributed by atoms with E-state index in [-0.39, 0.29) is 5.97 Å². The van der Waals surface area contributed by atoms with E-state index in [0.29, 0.717) is 12.5 Å². The van der Waals surface area contributed by atoms with Gasteiger partial charge in [-0.15, -0.1) is 0 Å². The average Bonchev–Trinajstić information content (AvgIpc) is 3.08. The van der Waals surface area contributed by atoms with Gasteiger partial charge in [-0.2, -0.15) is 0 Å². The highest BCUT2D eigenvalue weighted by molar-refractivity contribution is 6.30. The van der Waals surface area contributed by atoms with Crippen molar-refractivity contribution in [3.63, 3.8) is 0 Å². The largest absolute Gasteiger partial charge is 0.469 e. The number of rotatable bonds is 7. The number of nitrogens with one attached hydrogen (secondary N) is 2. The molecule has 1 unspecified atom stereocenters. The first-order valence-electron chi connectivity index (χ1n) is 8.67. The second-order valence-electron chi connectivity index (χ2n) is 6.09. The summed E-state index contributed by atoms with van der Waals surface area (Å²) in [5.74, 6) is 0.644. The Labute approximate surface area is 154 Å². The Bertz CT molecular complexity index is 594. The minimum atomic E-state index is -0.158. The SMILES string of the molecule is CN=C(NCCCCC(=O)OC)NC1CCN(c2cccc(Cl)c2)C1. The minimum absolute atomic E-state index is 0.158. The van der Waals surface area contributed by atoms with Gasteiger partial charge in [0.2, 0.25) is 0 Å². The van der Waals surface area contributed by atoms with Crippen LogP contribution in [0.2, 0.25) is 5.02 Å². The predicted molar refractivity (Wildman–Crippen MR) is 102 cm³/mol. The van der Waals surface area contributed by atoms with E-state index < -0.39 is 0 Å². The first-order valence-corrected chi connectivity index (χ1v) is 9.04. The zero-order valence-corrected chi connectivity index (χ0v) is 15.7. The Morgan fingerprint density at radius 1 is 1.44 bits per heavy atom. The van der Waals surface area contributed by atoms with Gasteiger partial charge in [-0.05, 0) is 37.5 Å². The van der Waals surface area contributed by atoms with Crippen LogP contribution in [0.3, 0.4) is 0 Å². The monoisotopic (exact) mass is 366 g/mol. The Morgan fingerprint density at radius 3 is 3.00 bits per heavy atom. The van der Waals surface area contributed by atoms with Gasteiger partial charge in [0.05, 0.1) is 7.11 Å². The Kier molecular flexibility index (Phi) is 7.85. The van der Waals surface area contributed by atoms with E-state index >= 15 is 0 Å². The minimum Gasteiger partial charge on any atom is -0.469 e. The lowest BCUT2D eigenvalue weighted by Gasteiger charge is -2.20. The number of benzene rings is 1. The zero-order chi connectivity index (χ0) is 18.1. The molecule has 0 saturated carbocycles. The normalized spacial score (nSPS) is 17.5. The van der Waals surface area contributed by atoms with Crippen molar-refractivity contribution in [2.75, 3.05) is 38.7 Å². The topological polar surface area (TPSA) is 66.0 Å². The summed E-state index contributed by atoms with van der Waals surface area (Å²) in [4.78, 5) is 17.7. The fourth-order valence-corrected chi connectivity index (χ4v) is 3.06. The van der Waals surface area contributed by atoms with Gasteiger partial charge in [0.1, 0.15) is 0 Å². The van der Waals surface area contributed by atoms with Crippen molar-refractivity contribution in [2.24, 2.45) is 4.99 Å². The number of unbranched alkanes of at least 4 members (excludes halogenated alkanes) is 1. The quantitative estimate of drug-likeness (QED) is 0.336. The Hall–Kier alpha value is -1.95. The van der Waals surface area contributed by atoms with Crippen LogP contribution in [0.4, 0.5) is 5.69 Å². The molecular formula is C18H27ClN4O2. The molecule has 0 amide bonds. The molecule has 1 aromatic carbocycles. The molecule has 1 atom stereocenters. The number of nitrogens with zero attached hydrogens (tertiary/aromatic N) is 2. The van der Waals surface area contributed by atoms with E-state index in [1.807, 2.05) is 18.2 Å². The van der Waals surface area contributed by atoms with Crippen molar-refractivity contribution in [1.82, 2.24) is 10.6 Å². The molecule has 0 spiro atoms.